The highest BCUT2D eigenvalue weighted by Gasteiger charge is 2.24. The van der Waals surface area contributed by atoms with Crippen LogP contribution in [0.15, 0.2) is 29.2 Å². The maximum Gasteiger partial charge on any atom is 0.328 e. The molecule has 0 aliphatic carbocycles. The minimum absolute atomic E-state index is 0.116. The van der Waals surface area contributed by atoms with Gasteiger partial charge in [-0.1, -0.05) is 19.9 Å². The Balaban J connectivity index is 3.12. The third kappa shape index (κ3) is 4.64. The number of carboxylic acid groups (broad SMARTS) is 1. The number of carboxylic acids is 1. The molecule has 116 valence electrons. The maximum atomic E-state index is 14.0. The van der Waals surface area contributed by atoms with Gasteiger partial charge in [-0.25, -0.2) is 21.9 Å². The van der Waals surface area contributed by atoms with E-state index in [-0.39, 0.29) is 18.0 Å². The van der Waals surface area contributed by atoms with Gasteiger partial charge >= 0.3 is 5.97 Å². The van der Waals surface area contributed by atoms with E-state index in [2.05, 4.69) is 0 Å². The quantitative estimate of drug-likeness (QED) is 0.817. The van der Waals surface area contributed by atoms with Crippen molar-refractivity contribution >= 4 is 22.1 Å². The van der Waals surface area contributed by atoms with E-state index in [1.165, 1.54) is 19.2 Å². The highest BCUT2D eigenvalue weighted by atomic mass is 32.2. The minimum atomic E-state index is -3.89. The zero-order valence-corrected chi connectivity index (χ0v) is 12.9. The van der Waals surface area contributed by atoms with Gasteiger partial charge in [0.25, 0.3) is 0 Å². The van der Waals surface area contributed by atoms with Gasteiger partial charge in [-0.3, -0.25) is 0 Å². The number of sulfonamides is 1. The molecule has 1 rings (SSSR count). The van der Waals surface area contributed by atoms with Gasteiger partial charge in [0.1, 0.15) is 10.7 Å². The summed E-state index contributed by atoms with van der Waals surface area (Å²) in [5.74, 6) is -1.95. The number of carbonyl (C=O) groups is 1. The third-order valence-corrected chi connectivity index (χ3v) is 4.54. The minimum Gasteiger partial charge on any atom is -0.478 e. The van der Waals surface area contributed by atoms with Gasteiger partial charge in [0.15, 0.2) is 0 Å². The number of hydrogen-bond acceptors (Lipinski definition) is 3. The van der Waals surface area contributed by atoms with Crippen molar-refractivity contribution in [3.05, 3.63) is 35.7 Å². The molecule has 0 atom stereocenters. The first kappa shape index (κ1) is 17.3. The molecule has 0 bridgehead atoms. The number of nitrogens with zero attached hydrogens (tertiary/aromatic N) is 1. The van der Waals surface area contributed by atoms with Crippen LogP contribution >= 0.6 is 0 Å². The van der Waals surface area contributed by atoms with E-state index in [1.54, 1.807) is 0 Å². The molecule has 0 fully saturated rings. The Morgan fingerprint density at radius 3 is 2.52 bits per heavy atom. The lowest BCUT2D eigenvalue weighted by Crippen LogP contribution is -2.31. The monoisotopic (exact) mass is 315 g/mol. The van der Waals surface area contributed by atoms with Gasteiger partial charge in [-0.15, -0.1) is 0 Å². The summed E-state index contributed by atoms with van der Waals surface area (Å²) in [6.45, 7) is 4.01. The lowest BCUT2D eigenvalue weighted by atomic mass is 10.2. The molecule has 0 heterocycles. The molecule has 1 aromatic rings. The van der Waals surface area contributed by atoms with Gasteiger partial charge in [-0.2, -0.15) is 0 Å². The summed E-state index contributed by atoms with van der Waals surface area (Å²) >= 11 is 0. The Bertz CT molecular complexity index is 653. The van der Waals surface area contributed by atoms with Crippen LogP contribution in [0, 0.1) is 11.7 Å². The smallest absolute Gasteiger partial charge is 0.328 e. The van der Waals surface area contributed by atoms with Gasteiger partial charge in [0, 0.05) is 19.7 Å². The molecule has 0 aliphatic heterocycles. The second-order valence-electron chi connectivity index (χ2n) is 5.04. The van der Waals surface area contributed by atoms with Crippen molar-refractivity contribution in [1.82, 2.24) is 4.31 Å². The number of benzene rings is 1. The first-order valence-electron chi connectivity index (χ1n) is 6.31. The highest BCUT2D eigenvalue weighted by Crippen LogP contribution is 2.21. The van der Waals surface area contributed by atoms with Crippen LogP contribution in [0.3, 0.4) is 0 Å². The number of aliphatic carboxylic acids is 1. The zero-order chi connectivity index (χ0) is 16.2. The van der Waals surface area contributed by atoms with Crippen LogP contribution < -0.4 is 0 Å². The standard InChI is InChI=1S/C14H18FNO4S/c1-10(2)9-16(3)21(19,20)13-6-4-11(8-12(13)15)5-7-14(17)18/h4-8,10H,9H2,1-3H3,(H,17,18)/b7-5+. The fourth-order valence-electron chi connectivity index (χ4n) is 1.78. The first-order valence-corrected chi connectivity index (χ1v) is 7.75. The molecule has 1 aromatic carbocycles. The number of rotatable bonds is 6. The van der Waals surface area contributed by atoms with E-state index in [4.69, 9.17) is 5.11 Å². The Hall–Kier alpha value is -1.73. The normalized spacial score (nSPS) is 12.5. The van der Waals surface area contributed by atoms with E-state index in [0.29, 0.717) is 0 Å². The number of hydrogen-bond donors (Lipinski definition) is 1. The Labute approximate surface area is 123 Å². The molecule has 0 aromatic heterocycles. The summed E-state index contributed by atoms with van der Waals surface area (Å²) in [5.41, 5.74) is 0.278. The Morgan fingerprint density at radius 2 is 2.05 bits per heavy atom. The molecule has 0 amide bonds. The van der Waals surface area contributed by atoms with E-state index >= 15 is 0 Å². The van der Waals surface area contributed by atoms with Crippen LogP contribution in [0.25, 0.3) is 6.08 Å². The second kappa shape index (κ2) is 6.82. The summed E-state index contributed by atoms with van der Waals surface area (Å²) in [4.78, 5) is 9.97. The summed E-state index contributed by atoms with van der Waals surface area (Å²) in [7, 11) is -2.50. The van der Waals surface area contributed by atoms with Crippen molar-refractivity contribution in [3.63, 3.8) is 0 Å². The average Bonchev–Trinajstić information content (AvgIpc) is 2.35. The molecule has 0 aliphatic rings. The van der Waals surface area contributed by atoms with E-state index in [9.17, 15) is 17.6 Å². The van der Waals surface area contributed by atoms with Crippen molar-refractivity contribution < 1.29 is 22.7 Å². The van der Waals surface area contributed by atoms with Crippen molar-refractivity contribution in [1.29, 1.82) is 0 Å². The van der Waals surface area contributed by atoms with Crippen LogP contribution in [0.5, 0.6) is 0 Å². The second-order valence-corrected chi connectivity index (χ2v) is 7.05. The molecule has 0 radical (unpaired) electrons. The topological polar surface area (TPSA) is 74.7 Å². The molecular weight excluding hydrogens is 297 g/mol. The van der Waals surface area contributed by atoms with Crippen molar-refractivity contribution in [2.24, 2.45) is 5.92 Å². The summed E-state index contributed by atoms with van der Waals surface area (Å²) < 4.78 is 39.6. The lowest BCUT2D eigenvalue weighted by Gasteiger charge is -2.19. The van der Waals surface area contributed by atoms with E-state index in [1.807, 2.05) is 13.8 Å². The molecule has 21 heavy (non-hydrogen) atoms. The Morgan fingerprint density at radius 1 is 1.43 bits per heavy atom. The van der Waals surface area contributed by atoms with Gasteiger partial charge in [-0.05, 0) is 29.7 Å². The highest BCUT2D eigenvalue weighted by molar-refractivity contribution is 7.89. The maximum absolute atomic E-state index is 14.0. The summed E-state index contributed by atoms with van der Waals surface area (Å²) in [6, 6.07) is 3.50. The Kier molecular flexibility index (Phi) is 5.62. The predicted molar refractivity (Wildman–Crippen MR) is 77.7 cm³/mol. The molecule has 0 saturated heterocycles. The number of halogens is 1. The van der Waals surface area contributed by atoms with Crippen LogP contribution in [0.2, 0.25) is 0 Å². The fraction of sp³-hybridized carbons (Fsp3) is 0.357. The van der Waals surface area contributed by atoms with Crippen LogP contribution in [0.1, 0.15) is 19.4 Å². The molecule has 0 saturated carbocycles. The largest absolute Gasteiger partial charge is 0.478 e. The predicted octanol–water partition coefficient (Wildman–Crippen LogP) is 2.20. The van der Waals surface area contributed by atoms with Crippen LogP contribution in [-0.4, -0.2) is 37.4 Å². The van der Waals surface area contributed by atoms with Crippen LogP contribution in [0.4, 0.5) is 4.39 Å². The molecular formula is C14H18FNO4S. The fourth-order valence-corrected chi connectivity index (χ4v) is 3.15. The van der Waals surface area contributed by atoms with Crippen molar-refractivity contribution in [3.8, 4) is 0 Å². The zero-order valence-electron chi connectivity index (χ0n) is 12.1. The van der Waals surface area contributed by atoms with Crippen molar-refractivity contribution in [2.75, 3.05) is 13.6 Å². The first-order chi connectivity index (χ1) is 9.64. The van der Waals surface area contributed by atoms with E-state index in [0.717, 1.165) is 22.5 Å². The van der Waals surface area contributed by atoms with Gasteiger partial charge in [0.05, 0.1) is 0 Å². The average molecular weight is 315 g/mol. The third-order valence-electron chi connectivity index (χ3n) is 2.68. The summed E-state index contributed by atoms with van der Waals surface area (Å²) in [6.07, 6.45) is 2.05. The van der Waals surface area contributed by atoms with Gasteiger partial charge in [0.2, 0.25) is 10.0 Å². The SMILES string of the molecule is CC(C)CN(C)S(=O)(=O)c1ccc(/C=C/C(=O)O)cc1F. The lowest BCUT2D eigenvalue weighted by molar-refractivity contribution is -0.131. The van der Waals surface area contributed by atoms with E-state index < -0.39 is 26.7 Å². The molecule has 0 spiro atoms. The molecule has 7 heteroatoms. The molecule has 0 unspecified atom stereocenters. The van der Waals surface area contributed by atoms with Crippen LogP contribution in [-0.2, 0) is 14.8 Å². The van der Waals surface area contributed by atoms with Gasteiger partial charge < -0.3 is 5.11 Å². The molecule has 5 nitrogen and oxygen atoms in total. The van der Waals surface area contributed by atoms with Crippen molar-refractivity contribution in [2.45, 2.75) is 18.7 Å². The summed E-state index contributed by atoms with van der Waals surface area (Å²) in [5, 5.41) is 8.50. The molecule has 1 N–H and O–H groups in total.